The minimum absolute atomic E-state index is 0.0930. The lowest BCUT2D eigenvalue weighted by Gasteiger charge is -2.32. The van der Waals surface area contributed by atoms with Crippen molar-refractivity contribution in [3.05, 3.63) is 12.4 Å². The highest BCUT2D eigenvalue weighted by Crippen LogP contribution is 2.27. The summed E-state index contributed by atoms with van der Waals surface area (Å²) >= 11 is 0. The van der Waals surface area contributed by atoms with Gasteiger partial charge in [0.05, 0.1) is 6.10 Å². The van der Waals surface area contributed by atoms with Crippen LogP contribution >= 0.6 is 0 Å². The van der Waals surface area contributed by atoms with E-state index in [4.69, 9.17) is 9.84 Å². The Hall–Kier alpha value is -1.36. The number of hydrogen-bond donors (Lipinski definition) is 1. The van der Waals surface area contributed by atoms with Gasteiger partial charge in [0.1, 0.15) is 0 Å². The third kappa shape index (κ3) is 3.10. The molecule has 1 fully saturated rings. The molecule has 0 saturated carbocycles. The predicted octanol–water partition coefficient (Wildman–Crippen LogP) is 1.47. The number of anilines is 1. The van der Waals surface area contributed by atoms with E-state index < -0.39 is 0 Å². The maximum absolute atomic E-state index is 9.15. The summed E-state index contributed by atoms with van der Waals surface area (Å²) in [6.07, 6.45) is 5.43. The van der Waals surface area contributed by atoms with Crippen LogP contribution in [-0.4, -0.2) is 40.9 Å². The summed E-state index contributed by atoms with van der Waals surface area (Å²) in [7, 11) is 0. The highest BCUT2D eigenvalue weighted by atomic mass is 16.5. The molecule has 0 aliphatic carbocycles. The van der Waals surface area contributed by atoms with E-state index in [1.807, 2.05) is 13.8 Å². The molecular weight excluding hydrogens is 230 g/mol. The van der Waals surface area contributed by atoms with Crippen molar-refractivity contribution in [2.75, 3.05) is 24.6 Å². The maximum atomic E-state index is 9.15. The van der Waals surface area contributed by atoms with Gasteiger partial charge in [-0.1, -0.05) is 0 Å². The molecule has 1 aromatic heterocycles. The molecule has 0 radical (unpaired) electrons. The molecule has 1 aliphatic heterocycles. The first-order chi connectivity index (χ1) is 8.70. The first-order valence-corrected chi connectivity index (χ1v) is 6.54. The molecule has 2 rings (SSSR count). The lowest BCUT2D eigenvalue weighted by Crippen LogP contribution is -2.35. The summed E-state index contributed by atoms with van der Waals surface area (Å²) < 4.78 is 5.69. The van der Waals surface area contributed by atoms with Gasteiger partial charge in [0.2, 0.25) is 0 Å². The van der Waals surface area contributed by atoms with E-state index in [9.17, 15) is 0 Å². The van der Waals surface area contributed by atoms with Crippen molar-refractivity contribution in [2.45, 2.75) is 32.8 Å². The summed E-state index contributed by atoms with van der Waals surface area (Å²) in [4.78, 5) is 10.8. The Bertz CT molecular complexity index is 376. The van der Waals surface area contributed by atoms with Gasteiger partial charge in [-0.25, -0.2) is 9.97 Å². The third-order valence-electron chi connectivity index (χ3n) is 3.17. The number of piperidine rings is 1. The van der Waals surface area contributed by atoms with Crippen molar-refractivity contribution in [3.8, 4) is 5.88 Å². The zero-order valence-electron chi connectivity index (χ0n) is 11.0. The smallest absolute Gasteiger partial charge is 0.257 e. The zero-order valence-corrected chi connectivity index (χ0v) is 11.0. The van der Waals surface area contributed by atoms with Crippen LogP contribution in [0.25, 0.3) is 0 Å². The van der Waals surface area contributed by atoms with Crippen molar-refractivity contribution in [2.24, 2.45) is 5.92 Å². The molecule has 1 aromatic rings. The van der Waals surface area contributed by atoms with Gasteiger partial charge in [-0.05, 0) is 32.6 Å². The Morgan fingerprint density at radius 3 is 2.61 bits per heavy atom. The molecule has 0 amide bonds. The number of ether oxygens (including phenoxy) is 1. The summed E-state index contributed by atoms with van der Waals surface area (Å²) in [5, 5.41) is 9.15. The van der Waals surface area contributed by atoms with Gasteiger partial charge in [-0.15, -0.1) is 0 Å². The normalized spacial score (nSPS) is 17.2. The molecule has 5 nitrogen and oxygen atoms in total. The first kappa shape index (κ1) is 13.1. The van der Waals surface area contributed by atoms with Gasteiger partial charge < -0.3 is 14.7 Å². The van der Waals surface area contributed by atoms with Crippen molar-refractivity contribution in [1.29, 1.82) is 0 Å². The number of nitrogens with zero attached hydrogens (tertiary/aromatic N) is 3. The van der Waals surface area contributed by atoms with Gasteiger partial charge >= 0.3 is 0 Å². The topological polar surface area (TPSA) is 58.5 Å². The van der Waals surface area contributed by atoms with E-state index in [0.29, 0.717) is 11.8 Å². The summed E-state index contributed by atoms with van der Waals surface area (Å²) in [6.45, 7) is 6.05. The molecule has 1 saturated heterocycles. The van der Waals surface area contributed by atoms with Crippen LogP contribution < -0.4 is 9.64 Å². The van der Waals surface area contributed by atoms with E-state index in [1.54, 1.807) is 12.4 Å². The van der Waals surface area contributed by atoms with Gasteiger partial charge in [0.25, 0.3) is 5.88 Å². The van der Waals surface area contributed by atoms with Crippen LogP contribution in [0, 0.1) is 5.92 Å². The molecule has 1 N–H and O–H groups in total. The average molecular weight is 251 g/mol. The minimum Gasteiger partial charge on any atom is -0.472 e. The quantitative estimate of drug-likeness (QED) is 0.878. The second-order valence-electron chi connectivity index (χ2n) is 4.96. The minimum atomic E-state index is 0.0930. The fourth-order valence-corrected chi connectivity index (χ4v) is 2.17. The largest absolute Gasteiger partial charge is 0.472 e. The third-order valence-corrected chi connectivity index (χ3v) is 3.17. The molecule has 100 valence electrons. The molecule has 0 atom stereocenters. The number of aromatic nitrogens is 2. The van der Waals surface area contributed by atoms with Gasteiger partial charge in [0.15, 0.2) is 5.82 Å². The van der Waals surface area contributed by atoms with Crippen LogP contribution in [0.5, 0.6) is 5.88 Å². The molecule has 0 spiro atoms. The van der Waals surface area contributed by atoms with Crippen molar-refractivity contribution >= 4 is 5.82 Å². The standard InChI is InChI=1S/C13H21N3O2/c1-10(2)18-13-12(14-5-6-15-13)16-7-3-11(9-17)4-8-16/h5-6,10-11,17H,3-4,7-9H2,1-2H3. The molecule has 1 aliphatic rings. The molecule has 5 heteroatoms. The molecule has 0 unspecified atom stereocenters. The van der Waals surface area contributed by atoms with Crippen LogP contribution in [0.1, 0.15) is 26.7 Å². The zero-order chi connectivity index (χ0) is 13.0. The number of rotatable bonds is 4. The molecule has 2 heterocycles. The second kappa shape index (κ2) is 6.00. The van der Waals surface area contributed by atoms with Gasteiger partial charge in [0, 0.05) is 32.1 Å². The van der Waals surface area contributed by atoms with Crippen molar-refractivity contribution in [1.82, 2.24) is 9.97 Å². The van der Waals surface area contributed by atoms with Gasteiger partial charge in [-0.3, -0.25) is 0 Å². The van der Waals surface area contributed by atoms with Crippen LogP contribution in [0.4, 0.5) is 5.82 Å². The van der Waals surface area contributed by atoms with E-state index >= 15 is 0 Å². The first-order valence-electron chi connectivity index (χ1n) is 6.54. The Balaban J connectivity index is 2.08. The Morgan fingerprint density at radius 2 is 2.00 bits per heavy atom. The second-order valence-corrected chi connectivity index (χ2v) is 4.96. The van der Waals surface area contributed by atoms with Gasteiger partial charge in [-0.2, -0.15) is 0 Å². The van der Waals surface area contributed by atoms with Crippen molar-refractivity contribution in [3.63, 3.8) is 0 Å². The Labute approximate surface area is 108 Å². The lowest BCUT2D eigenvalue weighted by molar-refractivity contribution is 0.201. The molecular formula is C13H21N3O2. The fraction of sp³-hybridized carbons (Fsp3) is 0.692. The maximum Gasteiger partial charge on any atom is 0.257 e. The Morgan fingerprint density at radius 1 is 1.33 bits per heavy atom. The molecule has 18 heavy (non-hydrogen) atoms. The lowest BCUT2D eigenvalue weighted by atomic mass is 9.98. The van der Waals surface area contributed by atoms with Crippen LogP contribution in [0.15, 0.2) is 12.4 Å². The van der Waals surface area contributed by atoms with E-state index in [2.05, 4.69) is 14.9 Å². The highest BCUT2D eigenvalue weighted by molar-refractivity contribution is 5.48. The monoisotopic (exact) mass is 251 g/mol. The number of aliphatic hydroxyl groups excluding tert-OH is 1. The van der Waals surface area contributed by atoms with Crippen molar-refractivity contribution < 1.29 is 9.84 Å². The highest BCUT2D eigenvalue weighted by Gasteiger charge is 2.22. The Kier molecular flexibility index (Phi) is 4.36. The molecule has 0 bridgehead atoms. The van der Waals surface area contributed by atoms with E-state index in [-0.39, 0.29) is 12.7 Å². The SMILES string of the molecule is CC(C)Oc1nccnc1N1CCC(CO)CC1. The van der Waals surface area contributed by atoms with Crippen LogP contribution in [0.3, 0.4) is 0 Å². The number of aliphatic hydroxyl groups is 1. The van der Waals surface area contributed by atoms with Crippen LogP contribution in [-0.2, 0) is 0 Å². The van der Waals surface area contributed by atoms with E-state index in [1.165, 1.54) is 0 Å². The summed E-state index contributed by atoms with van der Waals surface area (Å²) in [5.41, 5.74) is 0. The van der Waals surface area contributed by atoms with E-state index in [0.717, 1.165) is 31.7 Å². The number of hydrogen-bond acceptors (Lipinski definition) is 5. The summed E-state index contributed by atoms with van der Waals surface area (Å²) in [6, 6.07) is 0. The average Bonchev–Trinajstić information content (AvgIpc) is 2.39. The molecule has 0 aromatic carbocycles. The predicted molar refractivity (Wildman–Crippen MR) is 69.8 cm³/mol. The van der Waals surface area contributed by atoms with Crippen LogP contribution in [0.2, 0.25) is 0 Å². The summed E-state index contributed by atoms with van der Waals surface area (Å²) in [5.74, 6) is 1.85. The fourth-order valence-electron chi connectivity index (χ4n) is 2.17.